The van der Waals surface area contributed by atoms with Crippen molar-refractivity contribution >= 4 is 17.9 Å². The van der Waals surface area contributed by atoms with E-state index in [4.69, 9.17) is 9.47 Å². The number of hydrogen-bond acceptors (Lipinski definition) is 5. The van der Waals surface area contributed by atoms with Gasteiger partial charge < -0.3 is 14.6 Å². The van der Waals surface area contributed by atoms with Crippen LogP contribution in [0.25, 0.3) is 0 Å². The van der Waals surface area contributed by atoms with E-state index < -0.39 is 11.4 Å². The summed E-state index contributed by atoms with van der Waals surface area (Å²) in [5, 5.41) is 9.53. The van der Waals surface area contributed by atoms with Crippen LogP contribution in [0, 0.1) is 68.0 Å². The predicted octanol–water partition coefficient (Wildman–Crippen LogP) is 7.67. The Labute approximate surface area is 253 Å². The van der Waals surface area contributed by atoms with E-state index >= 15 is 0 Å². The number of esters is 2. The van der Waals surface area contributed by atoms with Gasteiger partial charge in [0.15, 0.2) is 0 Å². The van der Waals surface area contributed by atoms with Crippen LogP contribution in [0.3, 0.4) is 0 Å². The van der Waals surface area contributed by atoms with Crippen LogP contribution in [0.5, 0.6) is 0 Å². The number of hydrogen-bond donors (Lipinski definition) is 1. The second kappa shape index (κ2) is 9.22. The molecule has 7 fully saturated rings. The third-order valence-electron chi connectivity index (χ3n) is 15.2. The minimum Gasteiger partial charge on any atom is -0.481 e. The molecule has 42 heavy (non-hydrogen) atoms. The molecule has 1 N–H and O–H groups in total. The normalized spacial score (nSPS) is 48.5. The molecule has 0 amide bonds. The first-order chi connectivity index (χ1) is 19.3. The summed E-state index contributed by atoms with van der Waals surface area (Å²) >= 11 is 0. The van der Waals surface area contributed by atoms with Crippen LogP contribution < -0.4 is 0 Å². The summed E-state index contributed by atoms with van der Waals surface area (Å²) in [4.78, 5) is 37.5. The van der Waals surface area contributed by atoms with Gasteiger partial charge in [-0.1, -0.05) is 48.5 Å². The Kier molecular flexibility index (Phi) is 6.68. The third kappa shape index (κ3) is 3.97. The molecule has 2 saturated heterocycles. The summed E-state index contributed by atoms with van der Waals surface area (Å²) in [6.45, 7) is 20.2. The van der Waals surface area contributed by atoms with Crippen molar-refractivity contribution in [2.75, 3.05) is 0 Å². The Bertz CT molecular complexity index is 1170. The van der Waals surface area contributed by atoms with E-state index in [2.05, 4.69) is 48.5 Å². The van der Waals surface area contributed by atoms with Crippen molar-refractivity contribution in [2.45, 2.75) is 139 Å². The molecule has 7 rings (SSSR count). The number of carboxylic acids is 1. The van der Waals surface area contributed by atoms with Crippen molar-refractivity contribution in [2.24, 2.45) is 68.0 Å². The van der Waals surface area contributed by atoms with Crippen LogP contribution in [-0.2, 0) is 23.9 Å². The van der Waals surface area contributed by atoms with Crippen molar-refractivity contribution in [1.82, 2.24) is 0 Å². The van der Waals surface area contributed by atoms with E-state index in [0.717, 1.165) is 32.1 Å². The highest BCUT2D eigenvalue weighted by atomic mass is 16.6. The van der Waals surface area contributed by atoms with Gasteiger partial charge in [-0.05, 0) is 112 Å². The van der Waals surface area contributed by atoms with E-state index in [9.17, 15) is 19.5 Å². The average Bonchev–Trinajstić information content (AvgIpc) is 2.86. The van der Waals surface area contributed by atoms with Crippen LogP contribution in [0.15, 0.2) is 0 Å². The van der Waals surface area contributed by atoms with Crippen LogP contribution in [0.2, 0.25) is 0 Å². The smallest absolute Gasteiger partial charge is 0.309 e. The molecule has 0 radical (unpaired) electrons. The average molecular weight is 585 g/mol. The van der Waals surface area contributed by atoms with Crippen molar-refractivity contribution in [3.8, 4) is 0 Å². The molecule has 2 bridgehead atoms. The maximum Gasteiger partial charge on any atom is 0.309 e. The lowest BCUT2D eigenvalue weighted by molar-refractivity contribution is -0.276. The summed E-state index contributed by atoms with van der Waals surface area (Å²) in [5.74, 6) is 1.43. The molecule has 5 saturated carbocycles. The largest absolute Gasteiger partial charge is 0.481 e. The first kappa shape index (κ1) is 30.4. The van der Waals surface area contributed by atoms with Gasteiger partial charge in [-0.3, -0.25) is 14.4 Å². The van der Waals surface area contributed by atoms with Gasteiger partial charge in [0.25, 0.3) is 0 Å². The number of carbonyl (C=O) groups excluding carboxylic acids is 2. The highest BCUT2D eigenvalue weighted by Gasteiger charge is 2.72. The second-order valence-corrected chi connectivity index (χ2v) is 18.3. The van der Waals surface area contributed by atoms with E-state index in [-0.39, 0.29) is 63.6 Å². The number of carboxylic acid groups (broad SMARTS) is 1. The predicted molar refractivity (Wildman–Crippen MR) is 160 cm³/mol. The van der Waals surface area contributed by atoms with Crippen molar-refractivity contribution in [3.05, 3.63) is 0 Å². The number of fused-ring (bicyclic) bond motifs is 7. The molecule has 6 heteroatoms. The lowest BCUT2D eigenvalue weighted by atomic mass is 9.32. The van der Waals surface area contributed by atoms with E-state index in [0.29, 0.717) is 29.6 Å². The number of ether oxygens (including phenoxy) is 2. The lowest BCUT2D eigenvalue weighted by Crippen LogP contribution is -2.69. The standard InChI is InChI=1S/C36H56O6/c1-31(2)18-21-20-12-16-35(8)22(27(20)28(31)42-29(21)38)10-11-24-34(7)15-14-25(41-26(37)19-32(3,4)30(39)40)33(5,6)23(34)13-17-36(24,35)9/h20-25,27-28H,10-19H2,1-9H3,(H,39,40)/t20?,21?,22-,23+,24-,25+,27+,28-,34+,35-,36-/m1/s1. The minimum absolute atomic E-state index is 0.0480. The van der Waals surface area contributed by atoms with Gasteiger partial charge in [0.2, 0.25) is 0 Å². The lowest BCUT2D eigenvalue weighted by Gasteiger charge is -2.73. The van der Waals surface area contributed by atoms with Crippen molar-refractivity contribution < 1.29 is 29.0 Å². The maximum absolute atomic E-state index is 13.0. The monoisotopic (exact) mass is 584 g/mol. The molecule has 0 aromatic rings. The molecule has 0 spiro atoms. The summed E-state index contributed by atoms with van der Waals surface area (Å²) in [7, 11) is 0. The second-order valence-electron chi connectivity index (χ2n) is 18.3. The first-order valence-electron chi connectivity index (χ1n) is 16.9. The molecule has 236 valence electrons. The van der Waals surface area contributed by atoms with Gasteiger partial charge in [-0.2, -0.15) is 0 Å². The number of aliphatic carboxylic acids is 1. The zero-order chi connectivity index (χ0) is 30.8. The van der Waals surface area contributed by atoms with Crippen LogP contribution >= 0.6 is 0 Å². The zero-order valence-corrected chi connectivity index (χ0v) is 27.7. The Balaban J connectivity index is 1.25. The highest BCUT2D eigenvalue weighted by molar-refractivity contribution is 5.81. The molecular weight excluding hydrogens is 528 g/mol. The van der Waals surface area contributed by atoms with Gasteiger partial charge in [-0.15, -0.1) is 0 Å². The fourth-order valence-corrected chi connectivity index (χ4v) is 12.8. The van der Waals surface area contributed by atoms with Gasteiger partial charge in [0.1, 0.15) is 12.2 Å². The zero-order valence-electron chi connectivity index (χ0n) is 27.7. The SMILES string of the molecule is CC(C)(CC(=O)O[C@H]1CC[C@]2(C)[C@H]3CC[C@@H]4[C@@H]5C(CC[C@@]4(C)[C@]3(C)CC[C@H]2C1(C)C)C1CC(C)(C)[C@@H]5OC1=O)C(=O)O. The molecule has 11 atom stereocenters. The van der Waals surface area contributed by atoms with Crippen LogP contribution in [-0.4, -0.2) is 35.2 Å². The molecule has 7 aliphatic rings. The summed E-state index contributed by atoms with van der Waals surface area (Å²) < 4.78 is 12.4. The Hall–Kier alpha value is -1.59. The number of rotatable bonds is 4. The molecule has 0 aromatic carbocycles. The van der Waals surface area contributed by atoms with Crippen LogP contribution in [0.1, 0.15) is 127 Å². The fraction of sp³-hybridized carbons (Fsp3) is 0.917. The van der Waals surface area contributed by atoms with E-state index in [1.54, 1.807) is 13.8 Å². The van der Waals surface area contributed by atoms with Crippen molar-refractivity contribution in [3.63, 3.8) is 0 Å². The molecule has 6 nitrogen and oxygen atoms in total. The first-order valence-corrected chi connectivity index (χ1v) is 16.9. The number of carbonyl (C=O) groups is 3. The Morgan fingerprint density at radius 2 is 1.57 bits per heavy atom. The highest BCUT2D eigenvalue weighted by Crippen LogP contribution is 2.76. The van der Waals surface area contributed by atoms with Gasteiger partial charge in [0.05, 0.1) is 17.8 Å². The molecule has 2 aliphatic heterocycles. The quantitative estimate of drug-likeness (QED) is 0.341. The minimum atomic E-state index is -1.13. The third-order valence-corrected chi connectivity index (χ3v) is 15.2. The van der Waals surface area contributed by atoms with Gasteiger partial charge in [0, 0.05) is 16.7 Å². The fourth-order valence-electron chi connectivity index (χ4n) is 12.8. The molecule has 5 aliphatic carbocycles. The maximum atomic E-state index is 13.0. The Morgan fingerprint density at radius 1 is 0.905 bits per heavy atom. The molecular formula is C36H56O6. The summed E-state index contributed by atoms with van der Waals surface area (Å²) in [6.07, 6.45) is 9.77. The molecule has 2 unspecified atom stereocenters. The molecule has 2 heterocycles. The van der Waals surface area contributed by atoms with Crippen molar-refractivity contribution in [1.29, 1.82) is 0 Å². The van der Waals surface area contributed by atoms with E-state index in [1.165, 1.54) is 25.7 Å². The van der Waals surface area contributed by atoms with Crippen LogP contribution in [0.4, 0.5) is 0 Å². The summed E-state index contributed by atoms with van der Waals surface area (Å²) in [6, 6.07) is 0. The molecule has 0 aromatic heterocycles. The van der Waals surface area contributed by atoms with Gasteiger partial charge in [-0.25, -0.2) is 0 Å². The Morgan fingerprint density at radius 3 is 2.24 bits per heavy atom. The topological polar surface area (TPSA) is 89.9 Å². The van der Waals surface area contributed by atoms with Gasteiger partial charge >= 0.3 is 17.9 Å². The van der Waals surface area contributed by atoms with E-state index in [1.807, 2.05) is 0 Å². The summed E-state index contributed by atoms with van der Waals surface area (Å²) in [5.41, 5.74) is -0.632.